The second-order valence-electron chi connectivity index (χ2n) is 4.12. The van der Waals surface area contributed by atoms with Crippen LogP contribution >= 0.6 is 11.6 Å². The molecule has 16 heavy (non-hydrogen) atoms. The summed E-state index contributed by atoms with van der Waals surface area (Å²) in [5.41, 5.74) is 0.746. The van der Waals surface area contributed by atoms with Crippen molar-refractivity contribution in [2.75, 3.05) is 0 Å². The van der Waals surface area contributed by atoms with E-state index in [1.165, 1.54) is 0 Å². The van der Waals surface area contributed by atoms with Crippen molar-refractivity contribution >= 4 is 17.4 Å². The van der Waals surface area contributed by atoms with Crippen LogP contribution < -0.4 is 0 Å². The highest BCUT2D eigenvalue weighted by atomic mass is 35.5. The van der Waals surface area contributed by atoms with Gasteiger partial charge in [0.15, 0.2) is 5.78 Å². The van der Waals surface area contributed by atoms with E-state index in [1.54, 1.807) is 12.1 Å². The van der Waals surface area contributed by atoms with E-state index in [2.05, 4.69) is 13.8 Å². The number of rotatable bonds is 6. The molecule has 0 unspecified atom stereocenters. The molecular formula is C14H19ClO. The molecule has 1 atom stereocenters. The molecule has 1 aromatic rings. The third-order valence-electron chi connectivity index (χ3n) is 2.88. The zero-order chi connectivity index (χ0) is 12.0. The first-order valence-corrected chi connectivity index (χ1v) is 6.36. The van der Waals surface area contributed by atoms with Crippen LogP contribution in [0.5, 0.6) is 0 Å². The summed E-state index contributed by atoms with van der Waals surface area (Å²) in [5, 5.41) is 0.635. The van der Waals surface area contributed by atoms with Crippen molar-refractivity contribution < 1.29 is 4.79 Å². The van der Waals surface area contributed by atoms with E-state index in [-0.39, 0.29) is 11.7 Å². The molecular weight excluding hydrogens is 220 g/mol. The predicted octanol–water partition coefficient (Wildman–Crippen LogP) is 4.74. The van der Waals surface area contributed by atoms with Gasteiger partial charge >= 0.3 is 0 Å². The summed E-state index contributed by atoms with van der Waals surface area (Å²) in [6.07, 6.45) is 4.15. The van der Waals surface area contributed by atoms with Crippen molar-refractivity contribution in [1.82, 2.24) is 0 Å². The summed E-state index contributed by atoms with van der Waals surface area (Å²) >= 11 is 5.89. The third-order valence-corrected chi connectivity index (χ3v) is 3.11. The van der Waals surface area contributed by atoms with Crippen molar-refractivity contribution in [1.29, 1.82) is 0 Å². The lowest BCUT2D eigenvalue weighted by Gasteiger charge is -2.13. The van der Waals surface area contributed by atoms with Gasteiger partial charge in [0.1, 0.15) is 0 Å². The van der Waals surface area contributed by atoms with Crippen LogP contribution in [0.2, 0.25) is 5.02 Å². The molecule has 88 valence electrons. The minimum Gasteiger partial charge on any atom is -0.294 e. The van der Waals surface area contributed by atoms with Crippen molar-refractivity contribution in [3.63, 3.8) is 0 Å². The van der Waals surface area contributed by atoms with Gasteiger partial charge in [-0.2, -0.15) is 0 Å². The molecule has 1 aromatic carbocycles. The number of hydrogen-bond acceptors (Lipinski definition) is 1. The number of halogens is 1. The van der Waals surface area contributed by atoms with E-state index in [0.717, 1.165) is 31.2 Å². The van der Waals surface area contributed by atoms with E-state index < -0.39 is 0 Å². The number of ketones is 1. The fourth-order valence-corrected chi connectivity index (χ4v) is 2.04. The molecule has 0 aliphatic rings. The average molecular weight is 239 g/mol. The van der Waals surface area contributed by atoms with Gasteiger partial charge in [-0.05, 0) is 25.0 Å². The quantitative estimate of drug-likeness (QED) is 0.655. The van der Waals surface area contributed by atoms with Crippen LogP contribution in [0.1, 0.15) is 49.9 Å². The van der Waals surface area contributed by atoms with Gasteiger partial charge < -0.3 is 0 Å². The van der Waals surface area contributed by atoms with E-state index in [9.17, 15) is 4.79 Å². The molecule has 0 aromatic heterocycles. The average Bonchev–Trinajstić information content (AvgIpc) is 2.29. The van der Waals surface area contributed by atoms with Gasteiger partial charge in [-0.25, -0.2) is 0 Å². The summed E-state index contributed by atoms with van der Waals surface area (Å²) in [7, 11) is 0. The maximum atomic E-state index is 12.2. The Morgan fingerprint density at radius 3 is 2.69 bits per heavy atom. The van der Waals surface area contributed by atoms with Crippen LogP contribution in [0.15, 0.2) is 24.3 Å². The van der Waals surface area contributed by atoms with Gasteiger partial charge in [-0.3, -0.25) is 4.79 Å². The predicted molar refractivity (Wildman–Crippen MR) is 69.1 cm³/mol. The number of unbranched alkanes of at least 4 members (excludes halogenated alkanes) is 1. The van der Waals surface area contributed by atoms with Crippen LogP contribution in [-0.4, -0.2) is 5.78 Å². The molecule has 0 spiro atoms. The van der Waals surface area contributed by atoms with Gasteiger partial charge in [0.25, 0.3) is 0 Å². The van der Waals surface area contributed by atoms with Crippen LogP contribution in [0.4, 0.5) is 0 Å². The zero-order valence-corrected chi connectivity index (χ0v) is 10.8. The SMILES string of the molecule is CCCC[C@H](CC)C(=O)c1cccc(Cl)c1. The smallest absolute Gasteiger partial charge is 0.165 e. The number of hydrogen-bond donors (Lipinski definition) is 0. The Hall–Kier alpha value is -0.820. The van der Waals surface area contributed by atoms with Crippen LogP contribution in [0.25, 0.3) is 0 Å². The molecule has 0 heterocycles. The summed E-state index contributed by atoms with van der Waals surface area (Å²) in [4.78, 5) is 12.2. The maximum absolute atomic E-state index is 12.2. The maximum Gasteiger partial charge on any atom is 0.165 e. The minimum atomic E-state index is 0.151. The fraction of sp³-hybridized carbons (Fsp3) is 0.500. The third kappa shape index (κ3) is 3.64. The van der Waals surface area contributed by atoms with E-state index in [4.69, 9.17) is 11.6 Å². The normalized spacial score (nSPS) is 12.4. The number of carbonyl (C=O) groups is 1. The molecule has 0 fully saturated rings. The summed E-state index contributed by atoms with van der Waals surface area (Å²) in [6, 6.07) is 7.24. The lowest BCUT2D eigenvalue weighted by molar-refractivity contribution is 0.0908. The Morgan fingerprint density at radius 1 is 1.38 bits per heavy atom. The molecule has 1 nitrogen and oxygen atoms in total. The first kappa shape index (κ1) is 13.2. The summed E-state index contributed by atoms with van der Waals surface area (Å²) in [5.74, 6) is 0.386. The Bertz CT molecular complexity index is 346. The topological polar surface area (TPSA) is 17.1 Å². The molecule has 0 radical (unpaired) electrons. The van der Waals surface area contributed by atoms with Gasteiger partial charge in [-0.1, -0.05) is 50.4 Å². The molecule has 0 saturated carbocycles. The number of carbonyl (C=O) groups excluding carboxylic acids is 1. The summed E-state index contributed by atoms with van der Waals surface area (Å²) in [6.45, 7) is 4.22. The highest BCUT2D eigenvalue weighted by Gasteiger charge is 2.17. The van der Waals surface area contributed by atoms with Crippen LogP contribution in [0.3, 0.4) is 0 Å². The molecule has 0 amide bonds. The summed E-state index contributed by atoms with van der Waals surface area (Å²) < 4.78 is 0. The Morgan fingerprint density at radius 2 is 2.12 bits per heavy atom. The van der Waals surface area contributed by atoms with Gasteiger partial charge in [-0.15, -0.1) is 0 Å². The van der Waals surface area contributed by atoms with Gasteiger partial charge in [0, 0.05) is 16.5 Å². The van der Waals surface area contributed by atoms with Crippen molar-refractivity contribution in [3.05, 3.63) is 34.9 Å². The molecule has 2 heteroatoms. The van der Waals surface area contributed by atoms with Crippen molar-refractivity contribution in [2.24, 2.45) is 5.92 Å². The van der Waals surface area contributed by atoms with Crippen molar-refractivity contribution in [2.45, 2.75) is 39.5 Å². The number of Topliss-reactive ketones (excluding diaryl/α,β-unsaturated/α-hetero) is 1. The lowest BCUT2D eigenvalue weighted by Crippen LogP contribution is -2.13. The molecule has 0 saturated heterocycles. The first-order valence-electron chi connectivity index (χ1n) is 5.98. The highest BCUT2D eigenvalue weighted by Crippen LogP contribution is 2.20. The van der Waals surface area contributed by atoms with Crippen LogP contribution in [-0.2, 0) is 0 Å². The zero-order valence-electron chi connectivity index (χ0n) is 10.0. The molecule has 0 aliphatic heterocycles. The second-order valence-corrected chi connectivity index (χ2v) is 4.56. The molecule has 1 rings (SSSR count). The van der Waals surface area contributed by atoms with Crippen molar-refractivity contribution in [3.8, 4) is 0 Å². The van der Waals surface area contributed by atoms with Crippen LogP contribution in [0, 0.1) is 5.92 Å². The Kier molecular flexibility index (Phi) is 5.54. The van der Waals surface area contributed by atoms with Gasteiger partial charge in [0.2, 0.25) is 0 Å². The molecule has 0 N–H and O–H groups in total. The monoisotopic (exact) mass is 238 g/mol. The second kappa shape index (κ2) is 6.70. The largest absolute Gasteiger partial charge is 0.294 e. The Balaban J connectivity index is 2.74. The standard InChI is InChI=1S/C14H19ClO/c1-3-5-7-11(4-2)14(16)12-8-6-9-13(15)10-12/h6,8-11H,3-5,7H2,1-2H3/t11-/m0/s1. The van der Waals surface area contributed by atoms with E-state index in [1.807, 2.05) is 12.1 Å². The minimum absolute atomic E-state index is 0.151. The van der Waals surface area contributed by atoms with E-state index >= 15 is 0 Å². The van der Waals surface area contributed by atoms with Gasteiger partial charge in [0.05, 0.1) is 0 Å². The molecule has 0 aliphatic carbocycles. The van der Waals surface area contributed by atoms with E-state index in [0.29, 0.717) is 5.02 Å². The highest BCUT2D eigenvalue weighted by molar-refractivity contribution is 6.31. The lowest BCUT2D eigenvalue weighted by atomic mass is 9.91. The molecule has 0 bridgehead atoms. The Labute approximate surface area is 103 Å². The first-order chi connectivity index (χ1) is 7.69. The fourth-order valence-electron chi connectivity index (χ4n) is 1.85. The number of benzene rings is 1.